The number of carbonyl (C=O) groups is 3. The number of ether oxygens (including phenoxy) is 1. The van der Waals surface area contributed by atoms with Crippen LogP contribution in [0.5, 0.6) is 11.5 Å². The number of hydrogen-bond donors (Lipinski definition) is 3. The van der Waals surface area contributed by atoms with Gasteiger partial charge in [0, 0.05) is 11.1 Å². The van der Waals surface area contributed by atoms with Crippen molar-refractivity contribution in [3.8, 4) is 11.5 Å². The topological polar surface area (TPSA) is 105 Å². The molecule has 7 nitrogen and oxygen atoms in total. The van der Waals surface area contributed by atoms with Gasteiger partial charge < -0.3 is 9.84 Å². The number of fused-ring (bicyclic) bond motifs is 2. The molecule has 0 bridgehead atoms. The van der Waals surface area contributed by atoms with Crippen LogP contribution in [0, 0.1) is 11.8 Å². The van der Waals surface area contributed by atoms with Crippen LogP contribution in [-0.2, 0) is 14.4 Å². The molecule has 4 rings (SSSR count). The lowest BCUT2D eigenvalue weighted by molar-refractivity contribution is -0.148. The Hall–Kier alpha value is -3.61. The fourth-order valence-corrected chi connectivity index (χ4v) is 4.31. The monoisotopic (exact) mass is 420 g/mol. The second kappa shape index (κ2) is 8.26. The van der Waals surface area contributed by atoms with Gasteiger partial charge in [-0.25, -0.2) is 0 Å². The summed E-state index contributed by atoms with van der Waals surface area (Å²) in [7, 11) is 0. The molecule has 0 spiro atoms. The highest BCUT2D eigenvalue weighted by Gasteiger charge is 2.38. The number of amides is 2. The minimum absolute atomic E-state index is 0.327. The van der Waals surface area contributed by atoms with Crippen molar-refractivity contribution in [2.45, 2.75) is 32.6 Å². The van der Waals surface area contributed by atoms with E-state index < -0.39 is 35.5 Å². The third-order valence-corrected chi connectivity index (χ3v) is 6.17. The molecule has 0 saturated carbocycles. The van der Waals surface area contributed by atoms with E-state index in [1.54, 1.807) is 12.1 Å². The van der Waals surface area contributed by atoms with Crippen LogP contribution in [0.4, 0.5) is 0 Å². The number of allylic oxidation sites excluding steroid dienone is 2. The van der Waals surface area contributed by atoms with E-state index in [4.69, 9.17) is 4.74 Å². The predicted octanol–water partition coefficient (Wildman–Crippen LogP) is 3.52. The van der Waals surface area contributed by atoms with Gasteiger partial charge in [0.05, 0.1) is 17.8 Å². The van der Waals surface area contributed by atoms with E-state index >= 15 is 0 Å². The molecule has 0 aromatic heterocycles. The van der Waals surface area contributed by atoms with Crippen LogP contribution in [0.3, 0.4) is 0 Å². The number of benzene rings is 2. The summed E-state index contributed by atoms with van der Waals surface area (Å²) in [5.74, 6) is -2.97. The normalized spacial score (nSPS) is 20.2. The molecular weight excluding hydrogens is 396 g/mol. The number of rotatable bonds is 3. The van der Waals surface area contributed by atoms with E-state index in [2.05, 4.69) is 10.9 Å². The number of carboxylic acid groups (broad SMARTS) is 1. The van der Waals surface area contributed by atoms with E-state index in [9.17, 15) is 19.5 Å². The third kappa shape index (κ3) is 3.91. The molecule has 2 aromatic rings. The van der Waals surface area contributed by atoms with Crippen molar-refractivity contribution in [1.82, 2.24) is 10.9 Å². The molecule has 2 aliphatic rings. The van der Waals surface area contributed by atoms with E-state index in [0.717, 1.165) is 11.1 Å². The smallest absolute Gasteiger partial charge is 0.307 e. The van der Waals surface area contributed by atoms with Crippen LogP contribution in [0.15, 0.2) is 59.7 Å². The first-order chi connectivity index (χ1) is 14.9. The van der Waals surface area contributed by atoms with Gasteiger partial charge in [-0.3, -0.25) is 25.2 Å². The molecule has 0 fully saturated rings. The number of aliphatic carboxylic acids is 1. The Labute approximate surface area is 180 Å². The lowest BCUT2D eigenvalue weighted by Gasteiger charge is -2.30. The van der Waals surface area contributed by atoms with Gasteiger partial charge in [-0.2, -0.15) is 0 Å². The average Bonchev–Trinajstić information content (AvgIpc) is 2.76. The van der Waals surface area contributed by atoms with Crippen molar-refractivity contribution in [1.29, 1.82) is 0 Å². The van der Waals surface area contributed by atoms with Gasteiger partial charge in [0.15, 0.2) is 0 Å². The van der Waals surface area contributed by atoms with E-state index in [0.29, 0.717) is 35.5 Å². The minimum atomic E-state index is -1.01. The van der Waals surface area contributed by atoms with Crippen molar-refractivity contribution in [3.63, 3.8) is 0 Å². The number of hydrazine groups is 1. The van der Waals surface area contributed by atoms with Crippen LogP contribution < -0.4 is 15.6 Å². The Kier molecular flexibility index (Phi) is 5.50. The summed E-state index contributed by atoms with van der Waals surface area (Å²) in [4.78, 5) is 37.6. The highest BCUT2D eigenvalue weighted by molar-refractivity contribution is 5.92. The van der Waals surface area contributed by atoms with Crippen molar-refractivity contribution >= 4 is 17.8 Å². The van der Waals surface area contributed by atoms with Crippen molar-refractivity contribution in [2.75, 3.05) is 0 Å². The number of hydrogen-bond acceptors (Lipinski definition) is 4. The summed E-state index contributed by atoms with van der Waals surface area (Å²) < 4.78 is 5.90. The Balaban J connectivity index is 1.53. The van der Waals surface area contributed by atoms with Crippen LogP contribution >= 0.6 is 0 Å². The SMILES string of the molecule is CC1=C(C)C[C@@H](C(=O)O)[C@@H](C(=O)NNC(=O)C2c3ccccc3Oc3ccccc32)C1. The van der Waals surface area contributed by atoms with Crippen molar-refractivity contribution in [2.24, 2.45) is 11.8 Å². The molecule has 7 heteroatoms. The number of nitrogens with one attached hydrogen (secondary N) is 2. The number of para-hydroxylation sites is 2. The van der Waals surface area contributed by atoms with Crippen LogP contribution in [-0.4, -0.2) is 22.9 Å². The van der Waals surface area contributed by atoms with Crippen molar-refractivity contribution < 1.29 is 24.2 Å². The van der Waals surface area contributed by atoms with Gasteiger partial charge in [0.2, 0.25) is 5.91 Å². The third-order valence-electron chi connectivity index (χ3n) is 6.17. The zero-order valence-corrected chi connectivity index (χ0v) is 17.3. The molecule has 1 heterocycles. The molecule has 160 valence electrons. The van der Waals surface area contributed by atoms with Gasteiger partial charge >= 0.3 is 5.97 Å². The minimum Gasteiger partial charge on any atom is -0.481 e. The molecule has 1 aliphatic heterocycles. The van der Waals surface area contributed by atoms with Crippen LogP contribution in [0.25, 0.3) is 0 Å². The summed E-state index contributed by atoms with van der Waals surface area (Å²) in [6.45, 7) is 3.80. The summed E-state index contributed by atoms with van der Waals surface area (Å²) in [6, 6.07) is 14.5. The fraction of sp³-hybridized carbons (Fsp3) is 0.292. The van der Waals surface area contributed by atoms with Crippen molar-refractivity contribution in [3.05, 3.63) is 70.8 Å². The molecule has 0 unspecified atom stereocenters. The van der Waals surface area contributed by atoms with E-state index in [1.165, 1.54) is 0 Å². The summed E-state index contributed by atoms with van der Waals surface area (Å²) in [6.07, 6.45) is 0.682. The lowest BCUT2D eigenvalue weighted by atomic mass is 9.76. The molecule has 31 heavy (non-hydrogen) atoms. The van der Waals surface area contributed by atoms with Gasteiger partial charge in [-0.05, 0) is 38.8 Å². The van der Waals surface area contributed by atoms with Gasteiger partial charge in [-0.1, -0.05) is 47.5 Å². The molecule has 2 atom stereocenters. The first-order valence-corrected chi connectivity index (χ1v) is 10.2. The number of carboxylic acids is 1. The Morgan fingerprint density at radius 2 is 1.29 bits per heavy atom. The van der Waals surface area contributed by atoms with E-state index in [1.807, 2.05) is 50.2 Å². The molecule has 2 aromatic carbocycles. The number of carbonyl (C=O) groups excluding carboxylic acids is 2. The lowest BCUT2D eigenvalue weighted by Crippen LogP contribution is -2.49. The second-order valence-electron chi connectivity index (χ2n) is 8.11. The quantitative estimate of drug-likeness (QED) is 0.521. The summed E-state index contributed by atoms with van der Waals surface area (Å²) in [5.41, 5.74) is 8.38. The fourth-order valence-electron chi connectivity index (χ4n) is 4.31. The highest BCUT2D eigenvalue weighted by atomic mass is 16.5. The maximum Gasteiger partial charge on any atom is 0.307 e. The molecule has 3 N–H and O–H groups in total. The van der Waals surface area contributed by atoms with Crippen LogP contribution in [0.1, 0.15) is 43.7 Å². The molecule has 2 amide bonds. The summed E-state index contributed by atoms with van der Waals surface area (Å²) in [5, 5.41) is 9.56. The standard InChI is InChI=1S/C24H24N2O5/c1-13-11-17(18(24(29)30)12-14(13)2)22(27)25-26-23(28)21-15-7-3-5-9-19(15)31-20-10-6-4-8-16(20)21/h3-10,17-18,21H,11-12H2,1-2H3,(H,25,27)(H,26,28)(H,29,30)/t17-,18+/m0/s1. The van der Waals surface area contributed by atoms with E-state index in [-0.39, 0.29) is 0 Å². The maximum absolute atomic E-state index is 13.1. The second-order valence-corrected chi connectivity index (χ2v) is 8.11. The van der Waals surface area contributed by atoms with Gasteiger partial charge in [0.1, 0.15) is 11.5 Å². The first kappa shape index (κ1) is 20.7. The zero-order chi connectivity index (χ0) is 22.1. The van der Waals surface area contributed by atoms with Gasteiger partial charge in [0.25, 0.3) is 5.91 Å². The molecule has 1 aliphatic carbocycles. The average molecular weight is 420 g/mol. The Morgan fingerprint density at radius 3 is 1.84 bits per heavy atom. The highest BCUT2D eigenvalue weighted by Crippen LogP contribution is 2.43. The largest absolute Gasteiger partial charge is 0.481 e. The summed E-state index contributed by atoms with van der Waals surface area (Å²) >= 11 is 0. The molecular formula is C24H24N2O5. The zero-order valence-electron chi connectivity index (χ0n) is 17.3. The van der Waals surface area contributed by atoms with Gasteiger partial charge in [-0.15, -0.1) is 0 Å². The predicted molar refractivity (Wildman–Crippen MR) is 113 cm³/mol. The molecule has 0 saturated heterocycles. The van der Waals surface area contributed by atoms with Crippen LogP contribution in [0.2, 0.25) is 0 Å². The first-order valence-electron chi connectivity index (χ1n) is 10.2. The Morgan fingerprint density at radius 1 is 0.806 bits per heavy atom. The Bertz CT molecular complexity index is 1050. The molecule has 0 radical (unpaired) electrons. The maximum atomic E-state index is 13.1.